The number of benzene rings is 1. The Hall–Kier alpha value is -1.57. The third-order valence-electron chi connectivity index (χ3n) is 4.90. The van der Waals surface area contributed by atoms with E-state index >= 15 is 0 Å². The van der Waals surface area contributed by atoms with Gasteiger partial charge in [0.25, 0.3) is 0 Å². The quantitative estimate of drug-likeness (QED) is 0.817. The molecule has 0 bridgehead atoms. The van der Waals surface area contributed by atoms with E-state index < -0.39 is 10.0 Å². The van der Waals surface area contributed by atoms with Crippen molar-refractivity contribution in [2.75, 3.05) is 38.7 Å². The van der Waals surface area contributed by atoms with Gasteiger partial charge in [0.2, 0.25) is 10.0 Å². The summed E-state index contributed by atoms with van der Waals surface area (Å²) in [5.41, 5.74) is 2.22. The van der Waals surface area contributed by atoms with E-state index in [0.29, 0.717) is 39.3 Å². The van der Waals surface area contributed by atoms with E-state index in [2.05, 4.69) is 0 Å². The summed E-state index contributed by atoms with van der Waals surface area (Å²) in [4.78, 5) is 0. The summed E-state index contributed by atoms with van der Waals surface area (Å²) in [6.45, 7) is 2.74. The fraction of sp³-hybridized carbons (Fsp3) is 0.556. The Morgan fingerprint density at radius 3 is 2.68 bits per heavy atom. The standard InChI is InChI=1S/C18H23NO5S/c20-25(21,13-16-2-1-9-22-16)19-7-5-14(6-8-19)15-3-4-17-18(12-15)24-11-10-23-17/h3-5,12,16H,1-2,6-11,13H2. The maximum absolute atomic E-state index is 12.6. The molecule has 0 saturated carbocycles. The largest absolute Gasteiger partial charge is 0.486 e. The molecule has 0 aromatic heterocycles. The van der Waals surface area contributed by atoms with Gasteiger partial charge in [-0.2, -0.15) is 4.31 Å². The van der Waals surface area contributed by atoms with Crippen molar-refractivity contribution in [1.29, 1.82) is 0 Å². The molecule has 25 heavy (non-hydrogen) atoms. The highest BCUT2D eigenvalue weighted by molar-refractivity contribution is 7.89. The molecular formula is C18H23NO5S. The van der Waals surface area contributed by atoms with Crippen LogP contribution in [0.5, 0.6) is 11.5 Å². The Morgan fingerprint density at radius 1 is 1.12 bits per heavy atom. The highest BCUT2D eigenvalue weighted by atomic mass is 32.2. The average molecular weight is 365 g/mol. The van der Waals surface area contributed by atoms with E-state index in [9.17, 15) is 8.42 Å². The molecule has 1 aromatic carbocycles. The van der Waals surface area contributed by atoms with E-state index in [4.69, 9.17) is 14.2 Å². The predicted octanol–water partition coefficient (Wildman–Crippen LogP) is 2.06. The van der Waals surface area contributed by atoms with Crippen molar-refractivity contribution in [3.8, 4) is 11.5 Å². The number of ether oxygens (including phenoxy) is 3. The molecule has 3 aliphatic rings. The molecular weight excluding hydrogens is 342 g/mol. The summed E-state index contributed by atoms with van der Waals surface area (Å²) in [5.74, 6) is 1.63. The number of hydrogen-bond donors (Lipinski definition) is 0. The Bertz CT molecular complexity index is 768. The second kappa shape index (κ2) is 6.97. The summed E-state index contributed by atoms with van der Waals surface area (Å²) in [6.07, 6.45) is 4.35. The first-order valence-electron chi connectivity index (χ1n) is 8.80. The van der Waals surface area contributed by atoms with Gasteiger partial charge in [0.15, 0.2) is 11.5 Å². The Labute approximate surface area is 148 Å². The van der Waals surface area contributed by atoms with Gasteiger partial charge in [0, 0.05) is 19.7 Å². The van der Waals surface area contributed by atoms with Crippen LogP contribution in [0.4, 0.5) is 0 Å². The van der Waals surface area contributed by atoms with E-state index in [1.165, 1.54) is 0 Å². The van der Waals surface area contributed by atoms with Gasteiger partial charge in [0.1, 0.15) is 13.2 Å². The molecule has 0 radical (unpaired) electrons. The van der Waals surface area contributed by atoms with Gasteiger partial charge in [-0.3, -0.25) is 0 Å². The molecule has 136 valence electrons. The molecule has 1 saturated heterocycles. The molecule has 7 heteroatoms. The normalized spacial score (nSPS) is 24.2. The molecule has 0 spiro atoms. The number of hydrogen-bond acceptors (Lipinski definition) is 5. The van der Waals surface area contributed by atoms with Gasteiger partial charge in [-0.1, -0.05) is 12.1 Å². The Balaban J connectivity index is 1.45. The van der Waals surface area contributed by atoms with Crippen LogP contribution in [0.2, 0.25) is 0 Å². The zero-order chi connectivity index (χ0) is 17.3. The molecule has 3 heterocycles. The first kappa shape index (κ1) is 16.9. The van der Waals surface area contributed by atoms with Crippen molar-refractivity contribution in [2.45, 2.75) is 25.4 Å². The second-order valence-electron chi connectivity index (χ2n) is 6.61. The first-order chi connectivity index (χ1) is 12.1. The summed E-state index contributed by atoms with van der Waals surface area (Å²) >= 11 is 0. The highest BCUT2D eigenvalue weighted by Gasteiger charge is 2.29. The average Bonchev–Trinajstić information content (AvgIpc) is 3.14. The van der Waals surface area contributed by atoms with Gasteiger partial charge < -0.3 is 14.2 Å². The van der Waals surface area contributed by atoms with Crippen LogP contribution in [-0.4, -0.2) is 57.5 Å². The molecule has 1 atom stereocenters. The summed E-state index contributed by atoms with van der Waals surface area (Å²) in [5, 5.41) is 0. The van der Waals surface area contributed by atoms with Crippen LogP contribution in [0.15, 0.2) is 24.3 Å². The molecule has 0 amide bonds. The lowest BCUT2D eigenvalue weighted by Crippen LogP contribution is -2.39. The molecule has 3 aliphatic heterocycles. The van der Waals surface area contributed by atoms with E-state index in [1.807, 2.05) is 24.3 Å². The predicted molar refractivity (Wildman–Crippen MR) is 94.4 cm³/mol. The van der Waals surface area contributed by atoms with Crippen molar-refractivity contribution in [1.82, 2.24) is 4.31 Å². The van der Waals surface area contributed by atoms with Gasteiger partial charge in [0.05, 0.1) is 11.9 Å². The van der Waals surface area contributed by atoms with E-state index in [-0.39, 0.29) is 11.9 Å². The molecule has 1 unspecified atom stereocenters. The number of nitrogens with zero attached hydrogens (tertiary/aromatic N) is 1. The highest BCUT2D eigenvalue weighted by Crippen LogP contribution is 2.34. The topological polar surface area (TPSA) is 65.1 Å². The van der Waals surface area contributed by atoms with Crippen LogP contribution in [0.25, 0.3) is 5.57 Å². The molecule has 4 rings (SSSR count). The number of fused-ring (bicyclic) bond motifs is 1. The Kier molecular flexibility index (Phi) is 4.71. The van der Waals surface area contributed by atoms with Crippen LogP contribution in [0.1, 0.15) is 24.8 Å². The lowest BCUT2D eigenvalue weighted by Gasteiger charge is -2.27. The molecule has 1 fully saturated rings. The van der Waals surface area contributed by atoms with Crippen LogP contribution in [-0.2, 0) is 14.8 Å². The second-order valence-corrected chi connectivity index (χ2v) is 8.62. The summed E-state index contributed by atoms with van der Waals surface area (Å²) in [6, 6.07) is 5.91. The van der Waals surface area contributed by atoms with Gasteiger partial charge in [-0.05, 0) is 42.5 Å². The zero-order valence-electron chi connectivity index (χ0n) is 14.1. The van der Waals surface area contributed by atoms with Crippen molar-refractivity contribution < 1.29 is 22.6 Å². The molecule has 1 aromatic rings. The number of sulfonamides is 1. The van der Waals surface area contributed by atoms with E-state index in [1.54, 1.807) is 4.31 Å². The SMILES string of the molecule is O=S(=O)(CC1CCCO1)N1CC=C(c2ccc3c(c2)OCCO3)CC1. The van der Waals surface area contributed by atoms with Crippen LogP contribution >= 0.6 is 0 Å². The van der Waals surface area contributed by atoms with Crippen LogP contribution in [0.3, 0.4) is 0 Å². The molecule has 0 N–H and O–H groups in total. The molecule has 6 nitrogen and oxygen atoms in total. The lowest BCUT2D eigenvalue weighted by atomic mass is 10.00. The molecule has 0 aliphatic carbocycles. The van der Waals surface area contributed by atoms with Crippen molar-refractivity contribution in [3.63, 3.8) is 0 Å². The smallest absolute Gasteiger partial charge is 0.216 e. The van der Waals surface area contributed by atoms with Crippen molar-refractivity contribution in [3.05, 3.63) is 29.8 Å². The lowest BCUT2D eigenvalue weighted by molar-refractivity contribution is 0.126. The van der Waals surface area contributed by atoms with Gasteiger partial charge in [-0.15, -0.1) is 0 Å². The zero-order valence-corrected chi connectivity index (χ0v) is 15.0. The monoisotopic (exact) mass is 365 g/mol. The van der Waals surface area contributed by atoms with Crippen molar-refractivity contribution in [2.24, 2.45) is 0 Å². The summed E-state index contributed by atoms with van der Waals surface area (Å²) < 4.78 is 43.3. The van der Waals surface area contributed by atoms with Crippen molar-refractivity contribution >= 4 is 15.6 Å². The Morgan fingerprint density at radius 2 is 1.96 bits per heavy atom. The van der Waals surface area contributed by atoms with Gasteiger partial charge in [-0.25, -0.2) is 8.42 Å². The van der Waals surface area contributed by atoms with Gasteiger partial charge >= 0.3 is 0 Å². The number of rotatable bonds is 4. The fourth-order valence-electron chi connectivity index (χ4n) is 3.52. The van der Waals surface area contributed by atoms with Crippen LogP contribution in [0, 0.1) is 0 Å². The minimum atomic E-state index is -3.27. The first-order valence-corrected chi connectivity index (χ1v) is 10.4. The van der Waals surface area contributed by atoms with E-state index in [0.717, 1.165) is 35.5 Å². The minimum absolute atomic E-state index is 0.0974. The third-order valence-corrected chi connectivity index (χ3v) is 6.81. The maximum Gasteiger partial charge on any atom is 0.216 e. The fourth-order valence-corrected chi connectivity index (χ4v) is 5.14. The van der Waals surface area contributed by atoms with Crippen LogP contribution < -0.4 is 9.47 Å². The minimum Gasteiger partial charge on any atom is -0.486 e. The third kappa shape index (κ3) is 3.68. The maximum atomic E-state index is 12.6. The summed E-state index contributed by atoms with van der Waals surface area (Å²) in [7, 11) is -3.27.